The molecular weight excluding hydrogens is 396 g/mol. The molecule has 0 radical (unpaired) electrons. The Morgan fingerprint density at radius 1 is 1.17 bits per heavy atom. The van der Waals surface area contributed by atoms with Gasteiger partial charge in [0.2, 0.25) is 5.91 Å². The molecule has 2 amide bonds. The van der Waals surface area contributed by atoms with E-state index in [0.29, 0.717) is 17.1 Å². The molecule has 1 aromatic heterocycles. The first-order valence-electron chi connectivity index (χ1n) is 10.8. The van der Waals surface area contributed by atoms with Crippen LogP contribution < -0.4 is 10.6 Å². The standard InChI is InChI=1S/C23H32N4O2S/c1-16(2)13-20(25-21(28)19-10-6-5-9-17(19)3)22(29)26-23-24-18(15-30-23)14-27-11-7-4-8-12-27/h5-6,9-10,15-16,20H,4,7-8,11-14H2,1-3H3,(H,25,28)(H,24,26,29)/t20-/m1/s1. The number of piperidine rings is 1. The molecule has 0 spiro atoms. The van der Waals surface area contributed by atoms with E-state index in [1.165, 1.54) is 30.6 Å². The van der Waals surface area contributed by atoms with Gasteiger partial charge in [0.05, 0.1) is 5.69 Å². The lowest BCUT2D eigenvalue weighted by atomic mass is 10.0. The SMILES string of the molecule is Cc1ccccc1C(=O)N[C@H](CC(C)C)C(=O)Nc1nc(CN2CCCCC2)cs1. The van der Waals surface area contributed by atoms with E-state index < -0.39 is 6.04 Å². The molecule has 2 heterocycles. The van der Waals surface area contributed by atoms with Gasteiger partial charge in [0.15, 0.2) is 5.13 Å². The number of nitrogens with zero attached hydrogens (tertiary/aromatic N) is 2. The molecular formula is C23H32N4O2S. The quantitative estimate of drug-likeness (QED) is 0.660. The van der Waals surface area contributed by atoms with Gasteiger partial charge in [0.1, 0.15) is 6.04 Å². The van der Waals surface area contributed by atoms with Crippen molar-refractivity contribution in [3.8, 4) is 0 Å². The zero-order valence-corrected chi connectivity index (χ0v) is 18.9. The lowest BCUT2D eigenvalue weighted by Gasteiger charge is -2.25. The molecule has 3 rings (SSSR count). The minimum Gasteiger partial charge on any atom is -0.340 e. The number of hydrogen-bond acceptors (Lipinski definition) is 5. The summed E-state index contributed by atoms with van der Waals surface area (Å²) in [6, 6.07) is 6.80. The summed E-state index contributed by atoms with van der Waals surface area (Å²) in [5.74, 6) is -0.174. The Hall–Kier alpha value is -2.25. The average molecular weight is 429 g/mol. The highest BCUT2D eigenvalue weighted by atomic mass is 32.1. The third kappa shape index (κ3) is 6.37. The predicted octanol–water partition coefficient (Wildman–Crippen LogP) is 4.22. The summed E-state index contributed by atoms with van der Waals surface area (Å²) in [6.07, 6.45) is 4.35. The van der Waals surface area contributed by atoms with Crippen LogP contribution in [0.3, 0.4) is 0 Å². The number of nitrogens with one attached hydrogen (secondary N) is 2. The first kappa shape index (κ1) is 22.4. The molecule has 162 valence electrons. The molecule has 1 aliphatic rings. The maximum atomic E-state index is 12.9. The topological polar surface area (TPSA) is 74.3 Å². The molecule has 1 saturated heterocycles. The normalized spacial score (nSPS) is 15.7. The number of carbonyl (C=O) groups is 2. The molecule has 0 saturated carbocycles. The van der Waals surface area contributed by atoms with Crippen molar-refractivity contribution in [3.63, 3.8) is 0 Å². The van der Waals surface area contributed by atoms with Crippen LogP contribution in [0.1, 0.15) is 61.1 Å². The van der Waals surface area contributed by atoms with Gasteiger partial charge in [0.25, 0.3) is 5.91 Å². The van der Waals surface area contributed by atoms with E-state index in [9.17, 15) is 9.59 Å². The number of rotatable bonds is 8. The Bertz CT molecular complexity index is 858. The van der Waals surface area contributed by atoms with Gasteiger partial charge in [-0.05, 0) is 56.8 Å². The number of thiazole rings is 1. The second-order valence-electron chi connectivity index (χ2n) is 8.44. The van der Waals surface area contributed by atoms with Crippen molar-refractivity contribution in [2.75, 3.05) is 18.4 Å². The van der Waals surface area contributed by atoms with Crippen molar-refractivity contribution < 1.29 is 9.59 Å². The third-order valence-electron chi connectivity index (χ3n) is 5.33. The molecule has 1 fully saturated rings. The minimum atomic E-state index is -0.605. The molecule has 7 heteroatoms. The van der Waals surface area contributed by atoms with Gasteiger partial charge in [-0.3, -0.25) is 14.5 Å². The highest BCUT2D eigenvalue weighted by Crippen LogP contribution is 2.20. The highest BCUT2D eigenvalue weighted by molar-refractivity contribution is 7.13. The minimum absolute atomic E-state index is 0.218. The van der Waals surface area contributed by atoms with E-state index in [0.717, 1.165) is 30.9 Å². The second kappa shape index (κ2) is 10.7. The lowest BCUT2D eigenvalue weighted by molar-refractivity contribution is -0.118. The van der Waals surface area contributed by atoms with Crippen LogP contribution in [0.15, 0.2) is 29.6 Å². The molecule has 0 unspecified atom stereocenters. The fourth-order valence-corrected chi connectivity index (χ4v) is 4.45. The van der Waals surface area contributed by atoms with E-state index in [-0.39, 0.29) is 17.7 Å². The van der Waals surface area contributed by atoms with Crippen LogP contribution in [-0.4, -0.2) is 40.8 Å². The van der Waals surface area contributed by atoms with Gasteiger partial charge >= 0.3 is 0 Å². The summed E-state index contributed by atoms with van der Waals surface area (Å²) in [4.78, 5) is 32.7. The monoisotopic (exact) mass is 428 g/mol. The third-order valence-corrected chi connectivity index (χ3v) is 6.14. The van der Waals surface area contributed by atoms with Crippen molar-refractivity contribution >= 4 is 28.3 Å². The summed E-state index contributed by atoms with van der Waals surface area (Å²) in [5, 5.41) is 8.42. The van der Waals surface area contributed by atoms with Gasteiger partial charge in [-0.15, -0.1) is 11.3 Å². The van der Waals surface area contributed by atoms with Crippen LogP contribution in [-0.2, 0) is 11.3 Å². The summed E-state index contributed by atoms with van der Waals surface area (Å²) in [6.45, 7) is 9.03. The molecule has 0 aliphatic carbocycles. The molecule has 30 heavy (non-hydrogen) atoms. The smallest absolute Gasteiger partial charge is 0.252 e. The summed E-state index contributed by atoms with van der Waals surface area (Å²) < 4.78 is 0. The Labute approximate surface area is 183 Å². The molecule has 1 aromatic carbocycles. The van der Waals surface area contributed by atoms with Gasteiger partial charge in [-0.2, -0.15) is 0 Å². The number of carbonyl (C=O) groups excluding carboxylic acids is 2. The molecule has 6 nitrogen and oxygen atoms in total. The Morgan fingerprint density at radius 2 is 1.90 bits per heavy atom. The van der Waals surface area contributed by atoms with E-state index in [2.05, 4.69) is 20.5 Å². The molecule has 1 aliphatic heterocycles. The van der Waals surface area contributed by atoms with Crippen molar-refractivity contribution in [3.05, 3.63) is 46.5 Å². The summed E-state index contributed by atoms with van der Waals surface area (Å²) in [5.41, 5.74) is 2.47. The van der Waals surface area contributed by atoms with E-state index in [1.54, 1.807) is 6.07 Å². The van der Waals surface area contributed by atoms with Crippen molar-refractivity contribution in [1.82, 2.24) is 15.2 Å². The van der Waals surface area contributed by atoms with Gasteiger partial charge in [-0.1, -0.05) is 38.5 Å². The zero-order chi connectivity index (χ0) is 21.5. The Morgan fingerprint density at radius 3 is 2.60 bits per heavy atom. The Kier molecular flexibility index (Phi) is 7.99. The van der Waals surface area contributed by atoms with Gasteiger partial charge < -0.3 is 10.6 Å². The van der Waals surface area contributed by atoms with Crippen LogP contribution in [0.5, 0.6) is 0 Å². The van der Waals surface area contributed by atoms with Crippen LogP contribution >= 0.6 is 11.3 Å². The predicted molar refractivity (Wildman–Crippen MR) is 122 cm³/mol. The number of anilines is 1. The fraction of sp³-hybridized carbons (Fsp3) is 0.522. The van der Waals surface area contributed by atoms with Gasteiger partial charge in [0, 0.05) is 17.5 Å². The number of aromatic nitrogens is 1. The number of aryl methyl sites for hydroxylation is 1. The largest absolute Gasteiger partial charge is 0.340 e. The molecule has 2 aromatic rings. The lowest BCUT2D eigenvalue weighted by Crippen LogP contribution is -2.44. The first-order chi connectivity index (χ1) is 14.4. The zero-order valence-electron chi connectivity index (χ0n) is 18.1. The maximum Gasteiger partial charge on any atom is 0.252 e. The first-order valence-corrected chi connectivity index (χ1v) is 11.6. The fourth-order valence-electron chi connectivity index (χ4n) is 3.74. The second-order valence-corrected chi connectivity index (χ2v) is 9.30. The molecule has 1 atom stereocenters. The molecule has 2 N–H and O–H groups in total. The van der Waals surface area contributed by atoms with Crippen molar-refractivity contribution in [2.24, 2.45) is 5.92 Å². The highest BCUT2D eigenvalue weighted by Gasteiger charge is 2.24. The van der Waals surface area contributed by atoms with Crippen LogP contribution in [0.25, 0.3) is 0 Å². The number of amides is 2. The number of hydrogen-bond donors (Lipinski definition) is 2. The summed E-state index contributed by atoms with van der Waals surface area (Å²) in [7, 11) is 0. The van der Waals surface area contributed by atoms with E-state index in [4.69, 9.17) is 0 Å². The van der Waals surface area contributed by atoms with E-state index >= 15 is 0 Å². The van der Waals surface area contributed by atoms with Crippen LogP contribution in [0, 0.1) is 12.8 Å². The average Bonchev–Trinajstić information content (AvgIpc) is 3.14. The van der Waals surface area contributed by atoms with Crippen LogP contribution in [0.4, 0.5) is 5.13 Å². The maximum absolute atomic E-state index is 12.9. The summed E-state index contributed by atoms with van der Waals surface area (Å²) >= 11 is 1.44. The van der Waals surface area contributed by atoms with Gasteiger partial charge in [-0.25, -0.2) is 4.98 Å². The van der Waals surface area contributed by atoms with E-state index in [1.807, 2.05) is 44.4 Å². The molecule has 0 bridgehead atoms. The van der Waals surface area contributed by atoms with Crippen molar-refractivity contribution in [2.45, 2.75) is 59.0 Å². The number of likely N-dealkylation sites (tertiary alicyclic amines) is 1. The van der Waals surface area contributed by atoms with Crippen molar-refractivity contribution in [1.29, 1.82) is 0 Å². The van der Waals surface area contributed by atoms with Crippen LogP contribution in [0.2, 0.25) is 0 Å². The number of benzene rings is 1. The Balaban J connectivity index is 1.62.